The number of ether oxygens (including phenoxy) is 2. The Morgan fingerprint density at radius 2 is 1.76 bits per heavy atom. The molecule has 2 aromatic heterocycles. The van der Waals surface area contributed by atoms with E-state index in [1.54, 1.807) is 30.5 Å². The predicted octanol–water partition coefficient (Wildman–Crippen LogP) is 6.67. The van der Waals surface area contributed by atoms with Crippen molar-refractivity contribution in [1.82, 2.24) is 9.97 Å². The summed E-state index contributed by atoms with van der Waals surface area (Å²) >= 11 is 5.96. The Balaban J connectivity index is 2.09. The summed E-state index contributed by atoms with van der Waals surface area (Å²) in [5, 5.41) is 0.428. The van der Waals surface area contributed by atoms with E-state index in [2.05, 4.69) is 9.97 Å². The molecule has 0 radical (unpaired) electrons. The number of hydrogen-bond acceptors (Lipinski definition) is 5. The lowest BCUT2D eigenvalue weighted by molar-refractivity contribution is 0.0577. The second kappa shape index (κ2) is 9.79. The molecule has 2 heterocycles. The van der Waals surface area contributed by atoms with Crippen LogP contribution in [0.4, 0.5) is 10.5 Å². The quantitative estimate of drug-likeness (QED) is 0.392. The van der Waals surface area contributed by atoms with Crippen molar-refractivity contribution < 1.29 is 14.3 Å². The second-order valence-corrected chi connectivity index (χ2v) is 9.43. The summed E-state index contributed by atoms with van der Waals surface area (Å²) in [6, 6.07) is 9.60. The highest BCUT2D eigenvalue weighted by Crippen LogP contribution is 2.31. The SMILES string of the molecule is COc1c(C)cnc(CN(C(=O)OC(C)(C)C)c2cc(C)cc(-c3ccc(Cl)nc3)c2)c1C. The number of amides is 1. The van der Waals surface area contributed by atoms with Crippen LogP contribution in [0, 0.1) is 20.8 Å². The van der Waals surface area contributed by atoms with Crippen LogP contribution in [0.2, 0.25) is 5.15 Å². The molecule has 0 aliphatic carbocycles. The van der Waals surface area contributed by atoms with Gasteiger partial charge in [-0.15, -0.1) is 0 Å². The van der Waals surface area contributed by atoms with Crippen molar-refractivity contribution >= 4 is 23.4 Å². The molecule has 1 amide bonds. The van der Waals surface area contributed by atoms with Crippen molar-refractivity contribution in [1.29, 1.82) is 0 Å². The topological polar surface area (TPSA) is 64.5 Å². The summed E-state index contributed by atoms with van der Waals surface area (Å²) in [4.78, 5) is 23.7. The van der Waals surface area contributed by atoms with Gasteiger partial charge < -0.3 is 9.47 Å². The minimum atomic E-state index is -0.643. The highest BCUT2D eigenvalue weighted by molar-refractivity contribution is 6.29. The number of anilines is 1. The van der Waals surface area contributed by atoms with Crippen molar-refractivity contribution in [2.75, 3.05) is 12.0 Å². The average molecular weight is 468 g/mol. The number of hydrogen-bond donors (Lipinski definition) is 0. The molecular formula is C26H30ClN3O3. The van der Waals surface area contributed by atoms with Crippen molar-refractivity contribution in [2.24, 2.45) is 0 Å². The first-order chi connectivity index (χ1) is 15.5. The lowest BCUT2D eigenvalue weighted by Crippen LogP contribution is -2.37. The number of halogens is 1. The van der Waals surface area contributed by atoms with Gasteiger partial charge in [-0.3, -0.25) is 9.88 Å². The summed E-state index contributed by atoms with van der Waals surface area (Å²) < 4.78 is 11.3. The van der Waals surface area contributed by atoms with Gasteiger partial charge in [-0.1, -0.05) is 17.7 Å². The number of benzene rings is 1. The third-order valence-corrected chi connectivity index (χ3v) is 5.33. The number of rotatable bonds is 5. The maximum Gasteiger partial charge on any atom is 0.415 e. The molecular weight excluding hydrogens is 438 g/mol. The lowest BCUT2D eigenvalue weighted by atomic mass is 10.0. The number of carbonyl (C=O) groups is 1. The Morgan fingerprint density at radius 3 is 2.36 bits per heavy atom. The number of pyridine rings is 2. The summed E-state index contributed by atoms with van der Waals surface area (Å²) in [6.07, 6.45) is 3.03. The maximum atomic E-state index is 13.3. The van der Waals surface area contributed by atoms with Crippen molar-refractivity contribution in [3.8, 4) is 16.9 Å². The van der Waals surface area contributed by atoms with E-state index >= 15 is 0 Å². The molecule has 7 heteroatoms. The van der Waals surface area contributed by atoms with E-state index in [4.69, 9.17) is 21.1 Å². The van der Waals surface area contributed by atoms with Crippen molar-refractivity contribution in [3.05, 3.63) is 70.3 Å². The molecule has 174 valence electrons. The first-order valence-electron chi connectivity index (χ1n) is 10.7. The number of methoxy groups -OCH3 is 1. The van der Waals surface area contributed by atoms with Gasteiger partial charge in [-0.2, -0.15) is 0 Å². The molecule has 0 N–H and O–H groups in total. The van der Waals surface area contributed by atoms with Crippen LogP contribution in [0.25, 0.3) is 11.1 Å². The Kier molecular flexibility index (Phi) is 7.28. The molecule has 0 saturated heterocycles. The first-order valence-corrected chi connectivity index (χ1v) is 11.1. The van der Waals surface area contributed by atoms with E-state index < -0.39 is 11.7 Å². The summed E-state index contributed by atoms with van der Waals surface area (Å²) in [5.41, 5.74) is 5.45. The molecule has 3 aromatic rings. The molecule has 0 aliphatic heterocycles. The largest absolute Gasteiger partial charge is 0.496 e. The van der Waals surface area contributed by atoms with Crippen LogP contribution >= 0.6 is 11.6 Å². The molecule has 0 fully saturated rings. The number of aryl methyl sites for hydroxylation is 2. The summed E-state index contributed by atoms with van der Waals surface area (Å²) in [7, 11) is 1.64. The van der Waals surface area contributed by atoms with E-state index in [9.17, 15) is 4.79 Å². The molecule has 33 heavy (non-hydrogen) atoms. The van der Waals surface area contributed by atoms with Crippen LogP contribution in [-0.4, -0.2) is 28.8 Å². The molecule has 3 rings (SSSR count). The monoisotopic (exact) mass is 467 g/mol. The Hall–Kier alpha value is -3.12. The summed E-state index contributed by atoms with van der Waals surface area (Å²) in [6.45, 7) is 11.7. The van der Waals surface area contributed by atoms with Gasteiger partial charge in [0.2, 0.25) is 0 Å². The van der Waals surface area contributed by atoms with Gasteiger partial charge in [-0.25, -0.2) is 9.78 Å². The fourth-order valence-electron chi connectivity index (χ4n) is 3.59. The first kappa shape index (κ1) is 24.5. The molecule has 6 nitrogen and oxygen atoms in total. The molecule has 0 saturated carbocycles. The fourth-order valence-corrected chi connectivity index (χ4v) is 3.70. The Bertz CT molecular complexity index is 1150. The van der Waals surface area contributed by atoms with E-state index in [1.165, 1.54) is 0 Å². The molecule has 0 spiro atoms. The fraction of sp³-hybridized carbons (Fsp3) is 0.346. The van der Waals surface area contributed by atoms with E-state index in [1.807, 2.05) is 65.8 Å². The minimum absolute atomic E-state index is 0.235. The summed E-state index contributed by atoms with van der Waals surface area (Å²) in [5.74, 6) is 0.765. The van der Waals surface area contributed by atoms with E-state index in [0.717, 1.165) is 39.3 Å². The number of aromatic nitrogens is 2. The smallest absolute Gasteiger partial charge is 0.415 e. The highest BCUT2D eigenvalue weighted by Gasteiger charge is 2.26. The van der Waals surface area contributed by atoms with Crippen LogP contribution in [0.15, 0.2) is 42.7 Å². The van der Waals surface area contributed by atoms with Gasteiger partial charge in [0.05, 0.1) is 19.3 Å². The van der Waals surface area contributed by atoms with E-state index in [0.29, 0.717) is 10.8 Å². The second-order valence-electron chi connectivity index (χ2n) is 9.04. The molecule has 0 bridgehead atoms. The highest BCUT2D eigenvalue weighted by atomic mass is 35.5. The maximum absolute atomic E-state index is 13.3. The zero-order valence-electron chi connectivity index (χ0n) is 20.2. The minimum Gasteiger partial charge on any atom is -0.496 e. The van der Waals surface area contributed by atoms with Gasteiger partial charge in [0.1, 0.15) is 16.5 Å². The molecule has 1 aromatic carbocycles. The zero-order chi connectivity index (χ0) is 24.3. The standard InChI is InChI=1S/C26H30ClN3O3/c1-16-10-20(19-8-9-23(27)29-14-19)12-21(11-16)30(25(31)33-26(4,5)6)15-22-18(3)24(32-7)17(2)13-28-22/h8-14H,15H2,1-7H3. The van der Waals surface area contributed by atoms with Crippen molar-refractivity contribution in [2.45, 2.75) is 53.7 Å². The Morgan fingerprint density at radius 1 is 1.03 bits per heavy atom. The third kappa shape index (κ3) is 6.02. The van der Waals surface area contributed by atoms with Gasteiger partial charge in [0.25, 0.3) is 0 Å². The van der Waals surface area contributed by atoms with Crippen LogP contribution in [0.1, 0.15) is 43.2 Å². The van der Waals surface area contributed by atoms with Crippen molar-refractivity contribution in [3.63, 3.8) is 0 Å². The number of carbonyl (C=O) groups excluding carboxylic acids is 1. The van der Waals surface area contributed by atoms with E-state index in [-0.39, 0.29) is 6.54 Å². The van der Waals surface area contributed by atoms with Crippen LogP contribution in [0.3, 0.4) is 0 Å². The van der Waals surface area contributed by atoms with Gasteiger partial charge in [-0.05, 0) is 76.9 Å². The van der Waals surface area contributed by atoms with Crippen LogP contribution < -0.4 is 9.64 Å². The third-order valence-electron chi connectivity index (χ3n) is 5.11. The lowest BCUT2D eigenvalue weighted by Gasteiger charge is -2.28. The molecule has 0 atom stereocenters. The predicted molar refractivity (Wildman–Crippen MR) is 132 cm³/mol. The Labute approximate surface area is 200 Å². The average Bonchev–Trinajstić information content (AvgIpc) is 2.72. The van der Waals surface area contributed by atoms with Gasteiger partial charge >= 0.3 is 6.09 Å². The van der Waals surface area contributed by atoms with Crippen LogP contribution in [-0.2, 0) is 11.3 Å². The normalized spacial score (nSPS) is 11.3. The van der Waals surface area contributed by atoms with Crippen LogP contribution in [0.5, 0.6) is 5.75 Å². The zero-order valence-corrected chi connectivity index (χ0v) is 20.9. The van der Waals surface area contributed by atoms with Gasteiger partial charge in [0.15, 0.2) is 0 Å². The van der Waals surface area contributed by atoms with Gasteiger partial charge in [0, 0.05) is 34.8 Å². The number of nitrogens with zero attached hydrogens (tertiary/aromatic N) is 3. The molecule has 0 aliphatic rings. The molecule has 0 unspecified atom stereocenters.